The van der Waals surface area contributed by atoms with Crippen LogP contribution in [0.5, 0.6) is 0 Å². The van der Waals surface area contributed by atoms with E-state index in [9.17, 15) is 4.79 Å². The van der Waals surface area contributed by atoms with Crippen molar-refractivity contribution in [3.63, 3.8) is 0 Å². The highest BCUT2D eigenvalue weighted by Gasteiger charge is 2.29. The molecule has 1 aliphatic rings. The van der Waals surface area contributed by atoms with Gasteiger partial charge in [0.05, 0.1) is 5.92 Å². The van der Waals surface area contributed by atoms with Crippen LogP contribution in [0.25, 0.3) is 0 Å². The smallest absolute Gasteiger partial charge is 0.309 e. The zero-order valence-corrected chi connectivity index (χ0v) is 7.30. The number of carbonyl (C=O) groups excluding carboxylic acids is 1. The molecule has 11 heavy (non-hydrogen) atoms. The van der Waals surface area contributed by atoms with E-state index in [1.54, 1.807) is 0 Å². The van der Waals surface area contributed by atoms with Crippen LogP contribution in [0.15, 0.2) is 0 Å². The monoisotopic (exact) mass is 156 g/mol. The summed E-state index contributed by atoms with van der Waals surface area (Å²) in [7, 11) is 0. The van der Waals surface area contributed by atoms with Gasteiger partial charge in [0.25, 0.3) is 0 Å². The summed E-state index contributed by atoms with van der Waals surface area (Å²) in [5.74, 6) is 0.128. The van der Waals surface area contributed by atoms with E-state index in [4.69, 9.17) is 4.74 Å². The van der Waals surface area contributed by atoms with Gasteiger partial charge in [-0.3, -0.25) is 4.79 Å². The predicted molar refractivity (Wildman–Crippen MR) is 43.2 cm³/mol. The van der Waals surface area contributed by atoms with E-state index < -0.39 is 0 Å². The topological polar surface area (TPSA) is 26.3 Å². The minimum absolute atomic E-state index is 0.00824. The molecule has 0 amide bonds. The van der Waals surface area contributed by atoms with Crippen molar-refractivity contribution in [2.75, 3.05) is 0 Å². The summed E-state index contributed by atoms with van der Waals surface area (Å²) in [5, 5.41) is 0. The van der Waals surface area contributed by atoms with Crippen molar-refractivity contribution in [3.05, 3.63) is 0 Å². The fourth-order valence-corrected chi connectivity index (χ4v) is 1.43. The number of esters is 1. The van der Waals surface area contributed by atoms with E-state index in [2.05, 4.69) is 6.92 Å². The molecule has 0 N–H and O–H groups in total. The SMILES string of the molecule is CCCC[C@H]1C[C@@H](C)C(=O)O1. The molecule has 64 valence electrons. The molecule has 0 unspecified atom stereocenters. The first-order valence-electron chi connectivity index (χ1n) is 4.44. The highest BCUT2D eigenvalue weighted by atomic mass is 16.5. The summed E-state index contributed by atoms with van der Waals surface area (Å²) in [4.78, 5) is 10.9. The molecule has 0 bridgehead atoms. The molecule has 1 heterocycles. The summed E-state index contributed by atoms with van der Waals surface area (Å²) in [5.41, 5.74) is 0. The molecule has 2 nitrogen and oxygen atoms in total. The van der Waals surface area contributed by atoms with E-state index in [1.165, 1.54) is 12.8 Å². The molecule has 0 aliphatic carbocycles. The number of cyclic esters (lactones) is 1. The molecule has 2 atom stereocenters. The molecule has 0 radical (unpaired) electrons. The maximum absolute atomic E-state index is 10.9. The first kappa shape index (κ1) is 8.57. The molecule has 0 aromatic rings. The molecular formula is C9H16O2. The lowest BCUT2D eigenvalue weighted by molar-refractivity contribution is -0.144. The Bertz CT molecular complexity index is 142. The van der Waals surface area contributed by atoms with Crippen molar-refractivity contribution in [2.45, 2.75) is 45.6 Å². The quantitative estimate of drug-likeness (QED) is 0.585. The van der Waals surface area contributed by atoms with Crippen LogP contribution in [0.2, 0.25) is 0 Å². The Morgan fingerprint density at radius 1 is 1.64 bits per heavy atom. The Hall–Kier alpha value is -0.530. The molecule has 0 aromatic carbocycles. The van der Waals surface area contributed by atoms with Gasteiger partial charge in [-0.05, 0) is 12.8 Å². The normalized spacial score (nSPS) is 30.5. The van der Waals surface area contributed by atoms with Crippen molar-refractivity contribution in [1.82, 2.24) is 0 Å². The average Bonchev–Trinajstić information content (AvgIpc) is 2.28. The minimum Gasteiger partial charge on any atom is -0.462 e. The number of carbonyl (C=O) groups is 1. The van der Waals surface area contributed by atoms with Crippen molar-refractivity contribution < 1.29 is 9.53 Å². The lowest BCUT2D eigenvalue weighted by Crippen LogP contribution is -2.05. The van der Waals surface area contributed by atoms with Crippen LogP contribution >= 0.6 is 0 Å². The van der Waals surface area contributed by atoms with Gasteiger partial charge in [0, 0.05) is 0 Å². The van der Waals surface area contributed by atoms with Gasteiger partial charge < -0.3 is 4.74 Å². The Morgan fingerprint density at radius 2 is 2.36 bits per heavy atom. The second-order valence-electron chi connectivity index (χ2n) is 3.34. The average molecular weight is 156 g/mol. The first-order valence-corrected chi connectivity index (χ1v) is 4.44. The molecule has 1 fully saturated rings. The van der Waals surface area contributed by atoms with Crippen LogP contribution in [-0.4, -0.2) is 12.1 Å². The number of hydrogen-bond donors (Lipinski definition) is 0. The van der Waals surface area contributed by atoms with Gasteiger partial charge in [0.1, 0.15) is 6.10 Å². The third kappa shape index (κ3) is 2.21. The standard InChI is InChI=1S/C9H16O2/c1-3-4-5-8-6-7(2)9(10)11-8/h7-8H,3-6H2,1-2H3/t7-,8+/m1/s1. The Balaban J connectivity index is 2.24. The zero-order valence-electron chi connectivity index (χ0n) is 7.30. The van der Waals surface area contributed by atoms with E-state index >= 15 is 0 Å². The van der Waals surface area contributed by atoms with Crippen LogP contribution in [0.3, 0.4) is 0 Å². The van der Waals surface area contributed by atoms with E-state index in [-0.39, 0.29) is 18.0 Å². The zero-order chi connectivity index (χ0) is 8.27. The van der Waals surface area contributed by atoms with E-state index in [1.807, 2.05) is 6.92 Å². The second-order valence-corrected chi connectivity index (χ2v) is 3.34. The van der Waals surface area contributed by atoms with Crippen LogP contribution in [0, 0.1) is 5.92 Å². The van der Waals surface area contributed by atoms with Crippen molar-refractivity contribution in [1.29, 1.82) is 0 Å². The molecule has 1 aliphatic heterocycles. The highest BCUT2D eigenvalue weighted by Crippen LogP contribution is 2.23. The molecule has 0 saturated carbocycles. The van der Waals surface area contributed by atoms with Gasteiger partial charge in [-0.15, -0.1) is 0 Å². The number of ether oxygens (including phenoxy) is 1. The van der Waals surface area contributed by atoms with Crippen molar-refractivity contribution >= 4 is 5.97 Å². The lowest BCUT2D eigenvalue weighted by Gasteiger charge is -2.06. The molecule has 0 aromatic heterocycles. The molecule has 0 spiro atoms. The van der Waals surface area contributed by atoms with Gasteiger partial charge in [0.2, 0.25) is 0 Å². The Morgan fingerprint density at radius 3 is 2.82 bits per heavy atom. The maximum atomic E-state index is 10.9. The lowest BCUT2D eigenvalue weighted by atomic mass is 10.0. The third-order valence-corrected chi connectivity index (χ3v) is 2.18. The summed E-state index contributed by atoms with van der Waals surface area (Å²) >= 11 is 0. The van der Waals surface area contributed by atoms with Gasteiger partial charge >= 0.3 is 5.97 Å². The molecule has 2 heteroatoms. The highest BCUT2D eigenvalue weighted by molar-refractivity contribution is 5.74. The third-order valence-electron chi connectivity index (χ3n) is 2.18. The van der Waals surface area contributed by atoms with Gasteiger partial charge in [-0.2, -0.15) is 0 Å². The van der Waals surface area contributed by atoms with E-state index in [0.717, 1.165) is 12.8 Å². The number of rotatable bonds is 3. The molecule has 1 saturated heterocycles. The molecule has 1 rings (SSSR count). The second kappa shape index (κ2) is 3.74. The van der Waals surface area contributed by atoms with Crippen molar-refractivity contribution in [3.8, 4) is 0 Å². The Kier molecular flexibility index (Phi) is 2.92. The first-order chi connectivity index (χ1) is 5.24. The van der Waals surface area contributed by atoms with Gasteiger partial charge in [0.15, 0.2) is 0 Å². The summed E-state index contributed by atoms with van der Waals surface area (Å²) in [6.45, 7) is 4.09. The summed E-state index contributed by atoms with van der Waals surface area (Å²) in [6.07, 6.45) is 4.55. The van der Waals surface area contributed by atoms with Crippen LogP contribution in [0.4, 0.5) is 0 Å². The van der Waals surface area contributed by atoms with E-state index in [0.29, 0.717) is 0 Å². The van der Waals surface area contributed by atoms with Gasteiger partial charge in [-0.1, -0.05) is 26.7 Å². The van der Waals surface area contributed by atoms with Crippen molar-refractivity contribution in [2.24, 2.45) is 5.92 Å². The van der Waals surface area contributed by atoms with Crippen LogP contribution < -0.4 is 0 Å². The fourth-order valence-electron chi connectivity index (χ4n) is 1.43. The van der Waals surface area contributed by atoms with Gasteiger partial charge in [-0.25, -0.2) is 0 Å². The maximum Gasteiger partial charge on any atom is 0.309 e. The number of hydrogen-bond acceptors (Lipinski definition) is 2. The largest absolute Gasteiger partial charge is 0.462 e. The summed E-state index contributed by atoms with van der Waals surface area (Å²) < 4.78 is 5.14. The minimum atomic E-state index is -0.00824. The van der Waals surface area contributed by atoms with Crippen LogP contribution in [0.1, 0.15) is 39.5 Å². The predicted octanol–water partition coefficient (Wildman–Crippen LogP) is 2.13. The fraction of sp³-hybridized carbons (Fsp3) is 0.889. The number of unbranched alkanes of at least 4 members (excludes halogenated alkanes) is 1. The summed E-state index contributed by atoms with van der Waals surface area (Å²) in [6, 6.07) is 0. The van der Waals surface area contributed by atoms with Crippen LogP contribution in [-0.2, 0) is 9.53 Å². The molecular weight excluding hydrogens is 140 g/mol. The Labute approximate surface area is 67.9 Å².